The summed E-state index contributed by atoms with van der Waals surface area (Å²) in [5, 5.41) is 0. The Morgan fingerprint density at radius 1 is 1.05 bits per heavy atom. The van der Waals surface area contributed by atoms with Crippen LogP contribution in [0.1, 0.15) is 11.1 Å². The second-order valence-corrected chi connectivity index (χ2v) is 4.61. The quantitative estimate of drug-likeness (QED) is 0.765. The maximum absolute atomic E-state index is 13.4. The number of esters is 1. The third-order valence-electron chi connectivity index (χ3n) is 3.04. The monoisotopic (exact) mass is 288 g/mol. The molecule has 0 amide bonds. The summed E-state index contributed by atoms with van der Waals surface area (Å²) >= 11 is 0. The number of carbonyl (C=O) groups excluding carboxylic acids is 1. The van der Waals surface area contributed by atoms with Crippen LogP contribution in [0.5, 0.6) is 5.75 Å². The summed E-state index contributed by atoms with van der Waals surface area (Å²) in [6.07, 6.45) is -1.63. The van der Waals surface area contributed by atoms with Crippen LogP contribution in [0, 0.1) is 0 Å². The van der Waals surface area contributed by atoms with Gasteiger partial charge in [-0.2, -0.15) is 0 Å². The SMILES string of the molecule is COC(=O)C(F)Cc1ccc(OCc2ccccc2)cc1. The van der Waals surface area contributed by atoms with Crippen LogP contribution >= 0.6 is 0 Å². The Kier molecular flexibility index (Phi) is 5.32. The number of benzene rings is 2. The molecule has 2 rings (SSSR count). The van der Waals surface area contributed by atoms with Gasteiger partial charge in [-0.25, -0.2) is 9.18 Å². The fourth-order valence-corrected chi connectivity index (χ4v) is 1.88. The van der Waals surface area contributed by atoms with E-state index in [2.05, 4.69) is 4.74 Å². The first-order chi connectivity index (χ1) is 10.2. The van der Waals surface area contributed by atoms with E-state index < -0.39 is 12.1 Å². The van der Waals surface area contributed by atoms with E-state index in [1.165, 1.54) is 7.11 Å². The number of ether oxygens (including phenoxy) is 2. The van der Waals surface area contributed by atoms with E-state index in [-0.39, 0.29) is 6.42 Å². The number of hydrogen-bond donors (Lipinski definition) is 0. The summed E-state index contributed by atoms with van der Waals surface area (Å²) in [7, 11) is 1.18. The molecular formula is C17H17FO3. The Balaban J connectivity index is 1.88. The molecule has 2 aromatic carbocycles. The van der Waals surface area contributed by atoms with Crippen LogP contribution in [-0.2, 0) is 22.6 Å². The fourth-order valence-electron chi connectivity index (χ4n) is 1.88. The zero-order chi connectivity index (χ0) is 15.1. The van der Waals surface area contributed by atoms with Gasteiger partial charge in [0, 0.05) is 6.42 Å². The minimum absolute atomic E-state index is 0.00559. The predicted octanol–water partition coefficient (Wildman–Crippen LogP) is 3.32. The van der Waals surface area contributed by atoms with Crippen LogP contribution in [0.4, 0.5) is 4.39 Å². The highest BCUT2D eigenvalue weighted by molar-refractivity contribution is 5.74. The van der Waals surface area contributed by atoms with Gasteiger partial charge in [-0.1, -0.05) is 42.5 Å². The molecule has 0 saturated carbocycles. The molecule has 0 N–H and O–H groups in total. The van der Waals surface area contributed by atoms with Crippen molar-refractivity contribution < 1.29 is 18.7 Å². The standard InChI is InChI=1S/C17H17FO3/c1-20-17(19)16(18)11-13-7-9-15(10-8-13)21-12-14-5-3-2-4-6-14/h2-10,16H,11-12H2,1H3. The summed E-state index contributed by atoms with van der Waals surface area (Å²) in [5.41, 5.74) is 1.80. The number of hydrogen-bond acceptors (Lipinski definition) is 3. The van der Waals surface area contributed by atoms with E-state index in [0.717, 1.165) is 11.1 Å². The lowest BCUT2D eigenvalue weighted by atomic mass is 10.1. The highest BCUT2D eigenvalue weighted by atomic mass is 19.1. The van der Waals surface area contributed by atoms with Gasteiger partial charge in [-0.3, -0.25) is 0 Å². The van der Waals surface area contributed by atoms with Gasteiger partial charge in [-0.05, 0) is 23.3 Å². The molecule has 0 spiro atoms. The highest BCUT2D eigenvalue weighted by Crippen LogP contribution is 2.16. The zero-order valence-corrected chi connectivity index (χ0v) is 11.8. The molecule has 2 aromatic rings. The first-order valence-corrected chi connectivity index (χ1v) is 6.66. The third-order valence-corrected chi connectivity index (χ3v) is 3.04. The molecule has 0 heterocycles. The molecule has 0 aromatic heterocycles. The van der Waals surface area contributed by atoms with Crippen molar-refractivity contribution in [3.05, 3.63) is 65.7 Å². The first kappa shape index (κ1) is 15.0. The predicted molar refractivity (Wildman–Crippen MR) is 77.8 cm³/mol. The van der Waals surface area contributed by atoms with Crippen LogP contribution in [0.25, 0.3) is 0 Å². The number of halogens is 1. The molecular weight excluding hydrogens is 271 g/mol. The minimum atomic E-state index is -1.63. The summed E-state index contributed by atoms with van der Waals surface area (Å²) in [5.74, 6) is -0.143. The second kappa shape index (κ2) is 7.43. The average Bonchev–Trinajstić information content (AvgIpc) is 2.54. The van der Waals surface area contributed by atoms with Gasteiger partial charge < -0.3 is 9.47 Å². The third kappa shape index (κ3) is 4.60. The lowest BCUT2D eigenvalue weighted by Gasteiger charge is -2.09. The molecule has 0 aliphatic heterocycles. The Bertz CT molecular complexity index is 566. The van der Waals surface area contributed by atoms with E-state index in [1.54, 1.807) is 24.3 Å². The Morgan fingerprint density at radius 2 is 1.71 bits per heavy atom. The molecule has 0 aliphatic rings. The van der Waals surface area contributed by atoms with Crippen LogP contribution < -0.4 is 4.74 Å². The minimum Gasteiger partial charge on any atom is -0.489 e. The summed E-state index contributed by atoms with van der Waals surface area (Å²) in [6, 6.07) is 16.9. The summed E-state index contributed by atoms with van der Waals surface area (Å²) in [4.78, 5) is 11.0. The van der Waals surface area contributed by atoms with Crippen molar-refractivity contribution in [2.24, 2.45) is 0 Å². The van der Waals surface area contributed by atoms with E-state index in [4.69, 9.17) is 4.74 Å². The number of methoxy groups -OCH3 is 1. The number of alkyl halides is 1. The zero-order valence-electron chi connectivity index (χ0n) is 11.8. The molecule has 0 saturated heterocycles. The number of rotatable bonds is 6. The van der Waals surface area contributed by atoms with E-state index in [1.807, 2.05) is 30.3 Å². The average molecular weight is 288 g/mol. The largest absolute Gasteiger partial charge is 0.489 e. The topological polar surface area (TPSA) is 35.5 Å². The van der Waals surface area contributed by atoms with Gasteiger partial charge >= 0.3 is 5.97 Å². The molecule has 0 bridgehead atoms. The van der Waals surface area contributed by atoms with E-state index in [0.29, 0.717) is 12.4 Å². The van der Waals surface area contributed by atoms with Crippen LogP contribution in [-0.4, -0.2) is 19.3 Å². The summed E-state index contributed by atoms with van der Waals surface area (Å²) < 4.78 is 23.4. The van der Waals surface area contributed by atoms with Crippen LogP contribution in [0.3, 0.4) is 0 Å². The maximum Gasteiger partial charge on any atom is 0.340 e. The van der Waals surface area contributed by atoms with Crippen molar-refractivity contribution in [3.8, 4) is 5.75 Å². The maximum atomic E-state index is 13.4. The lowest BCUT2D eigenvalue weighted by molar-refractivity contribution is -0.146. The molecule has 0 aliphatic carbocycles. The van der Waals surface area contributed by atoms with Crippen molar-refractivity contribution in [2.45, 2.75) is 19.2 Å². The smallest absolute Gasteiger partial charge is 0.340 e. The van der Waals surface area contributed by atoms with Crippen LogP contribution in [0.2, 0.25) is 0 Å². The van der Waals surface area contributed by atoms with Gasteiger partial charge in [0.1, 0.15) is 12.4 Å². The van der Waals surface area contributed by atoms with E-state index >= 15 is 0 Å². The Labute approximate surface area is 123 Å². The molecule has 1 atom stereocenters. The molecule has 110 valence electrons. The van der Waals surface area contributed by atoms with Crippen molar-refractivity contribution in [1.82, 2.24) is 0 Å². The van der Waals surface area contributed by atoms with Gasteiger partial charge in [0.15, 0.2) is 0 Å². The second-order valence-electron chi connectivity index (χ2n) is 4.61. The lowest BCUT2D eigenvalue weighted by Crippen LogP contribution is -2.19. The molecule has 4 heteroatoms. The Hall–Kier alpha value is -2.36. The first-order valence-electron chi connectivity index (χ1n) is 6.66. The van der Waals surface area contributed by atoms with Gasteiger partial charge in [0.2, 0.25) is 6.17 Å². The van der Waals surface area contributed by atoms with Crippen LogP contribution in [0.15, 0.2) is 54.6 Å². The Morgan fingerprint density at radius 3 is 2.33 bits per heavy atom. The van der Waals surface area contributed by atoms with Gasteiger partial charge in [0.05, 0.1) is 7.11 Å². The molecule has 3 nitrogen and oxygen atoms in total. The van der Waals surface area contributed by atoms with E-state index in [9.17, 15) is 9.18 Å². The summed E-state index contributed by atoms with van der Waals surface area (Å²) in [6.45, 7) is 0.480. The highest BCUT2D eigenvalue weighted by Gasteiger charge is 2.17. The van der Waals surface area contributed by atoms with Gasteiger partial charge in [0.25, 0.3) is 0 Å². The number of carbonyl (C=O) groups is 1. The molecule has 21 heavy (non-hydrogen) atoms. The van der Waals surface area contributed by atoms with Crippen molar-refractivity contribution in [2.75, 3.05) is 7.11 Å². The van der Waals surface area contributed by atoms with Crippen molar-refractivity contribution >= 4 is 5.97 Å². The van der Waals surface area contributed by atoms with Crippen molar-refractivity contribution in [3.63, 3.8) is 0 Å². The van der Waals surface area contributed by atoms with Crippen molar-refractivity contribution in [1.29, 1.82) is 0 Å². The molecule has 1 unspecified atom stereocenters. The van der Waals surface area contributed by atoms with Gasteiger partial charge in [-0.15, -0.1) is 0 Å². The fraction of sp³-hybridized carbons (Fsp3) is 0.235. The molecule has 0 radical (unpaired) electrons. The molecule has 0 fully saturated rings. The normalized spacial score (nSPS) is 11.7.